The zero-order chi connectivity index (χ0) is 10.9. The van der Waals surface area contributed by atoms with Gasteiger partial charge in [-0.25, -0.2) is 4.39 Å². The minimum atomic E-state index is -0.802. The van der Waals surface area contributed by atoms with Crippen LogP contribution >= 0.6 is 0 Å². The topological polar surface area (TPSA) is 44.5 Å². The molecule has 0 radical (unpaired) electrons. The van der Waals surface area contributed by atoms with E-state index < -0.39 is 5.79 Å². The molecule has 0 amide bonds. The van der Waals surface area contributed by atoms with Crippen molar-refractivity contribution in [3.05, 3.63) is 35.6 Å². The van der Waals surface area contributed by atoms with E-state index in [9.17, 15) is 4.39 Å². The van der Waals surface area contributed by atoms with Crippen molar-refractivity contribution in [3.63, 3.8) is 0 Å². The van der Waals surface area contributed by atoms with Crippen LogP contribution in [0, 0.1) is 5.82 Å². The summed E-state index contributed by atoms with van der Waals surface area (Å²) in [6, 6.07) is 6.01. The number of nitrogens with two attached hydrogens (primary N) is 1. The first-order valence-corrected chi connectivity index (χ1v) is 4.90. The highest BCUT2D eigenvalue weighted by atomic mass is 19.1. The summed E-state index contributed by atoms with van der Waals surface area (Å²) in [6.07, 6.45) is 0. The fourth-order valence-electron chi connectivity index (χ4n) is 1.54. The summed E-state index contributed by atoms with van der Waals surface area (Å²) in [5, 5.41) is 0. The van der Waals surface area contributed by atoms with Crippen LogP contribution in [0.2, 0.25) is 0 Å². The van der Waals surface area contributed by atoms with Crippen LogP contribution < -0.4 is 5.73 Å². The molecule has 1 aromatic rings. The van der Waals surface area contributed by atoms with Gasteiger partial charge in [0.2, 0.25) is 0 Å². The number of benzene rings is 1. The molecule has 0 spiro atoms. The summed E-state index contributed by atoms with van der Waals surface area (Å²) in [5.41, 5.74) is 6.45. The van der Waals surface area contributed by atoms with Gasteiger partial charge in [-0.05, 0) is 19.1 Å². The first kappa shape index (κ1) is 10.5. The summed E-state index contributed by atoms with van der Waals surface area (Å²) < 4.78 is 23.8. The lowest BCUT2D eigenvalue weighted by molar-refractivity contribution is -0.270. The van der Waals surface area contributed by atoms with Gasteiger partial charge in [0.25, 0.3) is 0 Å². The Labute approximate surface area is 88.0 Å². The minimum Gasteiger partial charge on any atom is -0.344 e. The molecular weight excluding hydrogens is 197 g/mol. The molecule has 0 bridgehead atoms. The van der Waals surface area contributed by atoms with Gasteiger partial charge in [0.05, 0.1) is 19.3 Å². The van der Waals surface area contributed by atoms with Crippen LogP contribution in [0.4, 0.5) is 4.39 Å². The van der Waals surface area contributed by atoms with E-state index in [1.165, 1.54) is 12.1 Å². The van der Waals surface area contributed by atoms with Gasteiger partial charge in [-0.1, -0.05) is 12.1 Å². The van der Waals surface area contributed by atoms with Gasteiger partial charge in [0.1, 0.15) is 5.82 Å². The smallest absolute Gasteiger partial charge is 0.192 e. The lowest BCUT2D eigenvalue weighted by atomic mass is 10.1. The molecule has 1 aliphatic rings. The van der Waals surface area contributed by atoms with Gasteiger partial charge in [-0.3, -0.25) is 0 Å². The number of rotatable bonds is 1. The van der Waals surface area contributed by atoms with E-state index in [-0.39, 0.29) is 11.9 Å². The van der Waals surface area contributed by atoms with Gasteiger partial charge in [0.15, 0.2) is 5.79 Å². The molecule has 0 atom stereocenters. The molecule has 3 nitrogen and oxygen atoms in total. The zero-order valence-electron chi connectivity index (χ0n) is 8.57. The van der Waals surface area contributed by atoms with Crippen molar-refractivity contribution in [2.45, 2.75) is 18.8 Å². The van der Waals surface area contributed by atoms with Crippen molar-refractivity contribution in [3.8, 4) is 0 Å². The molecule has 1 aromatic carbocycles. The van der Waals surface area contributed by atoms with E-state index in [1.807, 2.05) is 6.92 Å². The number of hydrogen-bond acceptors (Lipinski definition) is 3. The summed E-state index contributed by atoms with van der Waals surface area (Å²) in [7, 11) is 0. The van der Waals surface area contributed by atoms with Crippen molar-refractivity contribution in [2.75, 3.05) is 13.2 Å². The molecular formula is C11H14FNO2. The number of hydrogen-bond donors (Lipinski definition) is 1. The lowest BCUT2D eigenvalue weighted by Crippen LogP contribution is -2.46. The monoisotopic (exact) mass is 211 g/mol. The second-order valence-electron chi connectivity index (χ2n) is 3.83. The largest absolute Gasteiger partial charge is 0.344 e. The summed E-state index contributed by atoms with van der Waals surface area (Å²) in [6.45, 7) is 2.72. The highest BCUT2D eigenvalue weighted by molar-refractivity contribution is 5.21. The van der Waals surface area contributed by atoms with Crippen molar-refractivity contribution >= 4 is 0 Å². The Kier molecular flexibility index (Phi) is 2.73. The number of ether oxygens (including phenoxy) is 2. The van der Waals surface area contributed by atoms with Crippen LogP contribution in [0.1, 0.15) is 12.5 Å². The summed E-state index contributed by atoms with van der Waals surface area (Å²) in [5.74, 6) is -1.07. The van der Waals surface area contributed by atoms with E-state index in [2.05, 4.69) is 0 Å². The molecule has 0 aromatic heterocycles. The Balaban J connectivity index is 2.18. The third kappa shape index (κ3) is 2.17. The van der Waals surface area contributed by atoms with Gasteiger partial charge in [0, 0.05) is 5.56 Å². The van der Waals surface area contributed by atoms with E-state index >= 15 is 0 Å². The summed E-state index contributed by atoms with van der Waals surface area (Å²) in [4.78, 5) is 0. The normalized spacial score (nSPS) is 31.5. The maximum atomic E-state index is 12.7. The summed E-state index contributed by atoms with van der Waals surface area (Å²) >= 11 is 0. The van der Waals surface area contributed by atoms with Crippen molar-refractivity contribution in [2.24, 2.45) is 5.73 Å². The van der Waals surface area contributed by atoms with Gasteiger partial charge in [-0.15, -0.1) is 0 Å². The predicted molar refractivity (Wildman–Crippen MR) is 53.6 cm³/mol. The average Bonchev–Trinajstić information content (AvgIpc) is 2.24. The highest BCUT2D eigenvalue weighted by Gasteiger charge is 2.33. The molecule has 0 unspecified atom stereocenters. The van der Waals surface area contributed by atoms with E-state index in [0.29, 0.717) is 13.2 Å². The van der Waals surface area contributed by atoms with E-state index in [0.717, 1.165) is 5.56 Å². The van der Waals surface area contributed by atoms with Crippen molar-refractivity contribution < 1.29 is 13.9 Å². The average molecular weight is 211 g/mol. The molecule has 1 aliphatic heterocycles. The van der Waals surface area contributed by atoms with Gasteiger partial charge < -0.3 is 15.2 Å². The Morgan fingerprint density at radius 3 is 2.33 bits per heavy atom. The molecule has 1 heterocycles. The molecule has 4 heteroatoms. The second-order valence-corrected chi connectivity index (χ2v) is 3.83. The van der Waals surface area contributed by atoms with Crippen LogP contribution in [0.15, 0.2) is 24.3 Å². The van der Waals surface area contributed by atoms with Crippen molar-refractivity contribution in [1.82, 2.24) is 0 Å². The molecule has 0 saturated carbocycles. The number of halogens is 1. The van der Waals surface area contributed by atoms with Gasteiger partial charge in [-0.2, -0.15) is 0 Å². The predicted octanol–water partition coefficient (Wildman–Crippen LogP) is 1.37. The first-order chi connectivity index (χ1) is 7.10. The third-order valence-corrected chi connectivity index (χ3v) is 2.51. The molecule has 2 rings (SSSR count). The van der Waals surface area contributed by atoms with Crippen LogP contribution in [0.25, 0.3) is 0 Å². The standard InChI is InChI=1S/C11H14FNO2/c1-11(14-6-10(13)7-15-11)8-2-4-9(12)5-3-8/h2-5,10H,6-7,13H2,1H3. The molecule has 0 aliphatic carbocycles. The Morgan fingerprint density at radius 2 is 1.80 bits per heavy atom. The SMILES string of the molecule is CC1(c2ccc(F)cc2)OCC(N)CO1. The molecule has 82 valence electrons. The molecule has 1 fully saturated rings. The Hall–Kier alpha value is -0.970. The molecule has 1 saturated heterocycles. The highest BCUT2D eigenvalue weighted by Crippen LogP contribution is 2.29. The quantitative estimate of drug-likeness (QED) is 0.763. The Morgan fingerprint density at radius 1 is 1.27 bits per heavy atom. The van der Waals surface area contributed by atoms with Crippen LogP contribution in [0.3, 0.4) is 0 Å². The van der Waals surface area contributed by atoms with Crippen LogP contribution in [0.5, 0.6) is 0 Å². The maximum Gasteiger partial charge on any atom is 0.192 e. The van der Waals surface area contributed by atoms with Crippen LogP contribution in [-0.4, -0.2) is 19.3 Å². The fraction of sp³-hybridized carbons (Fsp3) is 0.455. The second kappa shape index (κ2) is 3.89. The van der Waals surface area contributed by atoms with E-state index in [1.54, 1.807) is 12.1 Å². The lowest BCUT2D eigenvalue weighted by Gasteiger charge is -2.36. The Bertz CT molecular complexity index is 331. The van der Waals surface area contributed by atoms with Gasteiger partial charge >= 0.3 is 0 Å². The van der Waals surface area contributed by atoms with Crippen LogP contribution in [-0.2, 0) is 15.3 Å². The third-order valence-electron chi connectivity index (χ3n) is 2.51. The minimum absolute atomic E-state index is 0.0847. The fourth-order valence-corrected chi connectivity index (χ4v) is 1.54. The first-order valence-electron chi connectivity index (χ1n) is 4.90. The zero-order valence-corrected chi connectivity index (χ0v) is 8.57. The maximum absolute atomic E-state index is 12.7. The van der Waals surface area contributed by atoms with Crippen molar-refractivity contribution in [1.29, 1.82) is 0 Å². The molecule has 2 N–H and O–H groups in total. The molecule has 15 heavy (non-hydrogen) atoms. The van der Waals surface area contributed by atoms with E-state index in [4.69, 9.17) is 15.2 Å².